The van der Waals surface area contributed by atoms with Crippen LogP contribution in [0.25, 0.3) is 10.9 Å². The minimum absolute atomic E-state index is 0.245. The third-order valence-electron chi connectivity index (χ3n) is 2.57. The zero-order valence-electron chi connectivity index (χ0n) is 8.44. The number of aliphatic hydroxyl groups excluding tert-OH is 1. The van der Waals surface area contributed by atoms with Crippen molar-refractivity contribution in [3.63, 3.8) is 0 Å². The number of aliphatic hydroxyl groups is 1. The molecule has 0 aliphatic heterocycles. The van der Waals surface area contributed by atoms with Crippen molar-refractivity contribution in [1.82, 2.24) is 4.57 Å². The first-order valence-electron chi connectivity index (χ1n) is 4.76. The van der Waals surface area contributed by atoms with Crippen LogP contribution in [0.4, 0.5) is 0 Å². The van der Waals surface area contributed by atoms with Crippen LogP contribution >= 0.6 is 15.9 Å². The molecule has 0 bridgehead atoms. The van der Waals surface area contributed by atoms with E-state index in [1.165, 1.54) is 0 Å². The maximum Gasteiger partial charge on any atom is 0.0932 e. The van der Waals surface area contributed by atoms with E-state index in [0.29, 0.717) is 0 Å². The smallest absolute Gasteiger partial charge is 0.0932 e. The van der Waals surface area contributed by atoms with E-state index in [1.807, 2.05) is 36.0 Å². The molecule has 2 aromatic rings. The molecule has 1 aromatic carbocycles. The van der Waals surface area contributed by atoms with Gasteiger partial charge in [0.15, 0.2) is 0 Å². The zero-order chi connectivity index (χ0) is 11.0. The summed E-state index contributed by atoms with van der Waals surface area (Å²) in [6, 6.07) is 5.99. The number of hydrogen-bond donors (Lipinski definition) is 2. The SMILES string of the molecule is Cn1cc(C(O)CN)c2ccc(Br)cc21. The van der Waals surface area contributed by atoms with Gasteiger partial charge in [-0.05, 0) is 12.1 Å². The lowest BCUT2D eigenvalue weighted by Crippen LogP contribution is -2.10. The molecule has 0 spiro atoms. The standard InChI is InChI=1S/C11H13BrN2O/c1-14-6-9(11(15)5-13)8-3-2-7(12)4-10(8)14/h2-4,6,11,15H,5,13H2,1H3. The Labute approximate surface area is 96.6 Å². The first kappa shape index (κ1) is 10.7. The molecule has 1 unspecified atom stereocenters. The number of nitrogens with zero attached hydrogens (tertiary/aromatic N) is 1. The second-order valence-corrected chi connectivity index (χ2v) is 4.52. The predicted octanol–water partition coefficient (Wildman–Crippen LogP) is 1.93. The molecule has 0 aliphatic rings. The van der Waals surface area contributed by atoms with Crippen molar-refractivity contribution in [3.05, 3.63) is 34.4 Å². The number of nitrogens with two attached hydrogens (primary N) is 1. The monoisotopic (exact) mass is 268 g/mol. The molecule has 3 N–H and O–H groups in total. The summed E-state index contributed by atoms with van der Waals surface area (Å²) in [6.07, 6.45) is 1.34. The van der Waals surface area contributed by atoms with Crippen molar-refractivity contribution < 1.29 is 5.11 Å². The van der Waals surface area contributed by atoms with Crippen LogP contribution in [0.5, 0.6) is 0 Å². The van der Waals surface area contributed by atoms with Crippen molar-refractivity contribution in [1.29, 1.82) is 0 Å². The fourth-order valence-corrected chi connectivity index (χ4v) is 2.13. The van der Waals surface area contributed by atoms with Crippen LogP contribution in [-0.4, -0.2) is 16.2 Å². The molecule has 1 aromatic heterocycles. The highest BCUT2D eigenvalue weighted by atomic mass is 79.9. The molecule has 3 nitrogen and oxygen atoms in total. The van der Waals surface area contributed by atoms with Gasteiger partial charge < -0.3 is 15.4 Å². The van der Waals surface area contributed by atoms with E-state index >= 15 is 0 Å². The fourth-order valence-electron chi connectivity index (χ4n) is 1.78. The summed E-state index contributed by atoms with van der Waals surface area (Å²) >= 11 is 3.43. The van der Waals surface area contributed by atoms with Crippen molar-refractivity contribution >= 4 is 26.8 Å². The van der Waals surface area contributed by atoms with Crippen LogP contribution < -0.4 is 5.73 Å². The van der Waals surface area contributed by atoms with Crippen LogP contribution in [0.3, 0.4) is 0 Å². The van der Waals surface area contributed by atoms with E-state index in [1.54, 1.807) is 0 Å². The highest BCUT2D eigenvalue weighted by Gasteiger charge is 2.12. The van der Waals surface area contributed by atoms with Gasteiger partial charge in [0.1, 0.15) is 0 Å². The van der Waals surface area contributed by atoms with Gasteiger partial charge in [0.05, 0.1) is 6.10 Å². The molecule has 0 aliphatic carbocycles. The van der Waals surface area contributed by atoms with Crippen molar-refractivity contribution in [2.45, 2.75) is 6.10 Å². The Balaban J connectivity index is 2.68. The Morgan fingerprint density at radius 2 is 2.27 bits per heavy atom. The predicted molar refractivity (Wildman–Crippen MR) is 64.6 cm³/mol. The minimum Gasteiger partial charge on any atom is -0.387 e. The Hall–Kier alpha value is -0.840. The molecule has 0 saturated heterocycles. The van der Waals surface area contributed by atoms with Crippen molar-refractivity contribution in [2.24, 2.45) is 12.8 Å². The molecule has 0 fully saturated rings. The maximum absolute atomic E-state index is 9.76. The number of aromatic nitrogens is 1. The normalized spacial score (nSPS) is 13.3. The number of rotatable bonds is 2. The van der Waals surface area contributed by atoms with E-state index < -0.39 is 6.10 Å². The van der Waals surface area contributed by atoms with Gasteiger partial charge >= 0.3 is 0 Å². The number of aryl methyl sites for hydroxylation is 1. The molecule has 0 saturated carbocycles. The summed E-state index contributed by atoms with van der Waals surface area (Å²) in [5.41, 5.74) is 7.45. The van der Waals surface area contributed by atoms with Crippen LogP contribution in [0.15, 0.2) is 28.9 Å². The van der Waals surface area contributed by atoms with E-state index in [9.17, 15) is 5.11 Å². The Kier molecular flexibility index (Phi) is 2.82. The largest absolute Gasteiger partial charge is 0.387 e. The van der Waals surface area contributed by atoms with Crippen molar-refractivity contribution in [3.8, 4) is 0 Å². The van der Waals surface area contributed by atoms with Gasteiger partial charge in [0.25, 0.3) is 0 Å². The Morgan fingerprint density at radius 3 is 2.93 bits per heavy atom. The third kappa shape index (κ3) is 1.80. The minimum atomic E-state index is -0.588. The van der Waals surface area contributed by atoms with Crippen LogP contribution in [0, 0.1) is 0 Å². The third-order valence-corrected chi connectivity index (χ3v) is 3.06. The quantitative estimate of drug-likeness (QED) is 0.875. The van der Waals surface area contributed by atoms with E-state index in [2.05, 4.69) is 15.9 Å². The van der Waals surface area contributed by atoms with E-state index in [0.717, 1.165) is 20.9 Å². The second kappa shape index (κ2) is 3.96. The molecular weight excluding hydrogens is 256 g/mol. The lowest BCUT2D eigenvalue weighted by molar-refractivity contribution is 0.188. The average molecular weight is 269 g/mol. The number of benzene rings is 1. The summed E-state index contributed by atoms with van der Waals surface area (Å²) in [6.45, 7) is 0.245. The Morgan fingerprint density at radius 1 is 1.53 bits per heavy atom. The topological polar surface area (TPSA) is 51.2 Å². The number of fused-ring (bicyclic) bond motifs is 1. The molecular formula is C11H13BrN2O. The molecule has 15 heavy (non-hydrogen) atoms. The maximum atomic E-state index is 9.76. The molecule has 80 valence electrons. The molecule has 0 amide bonds. The highest BCUT2D eigenvalue weighted by Crippen LogP contribution is 2.27. The first-order chi connectivity index (χ1) is 7.13. The summed E-state index contributed by atoms with van der Waals surface area (Å²) < 4.78 is 3.03. The lowest BCUT2D eigenvalue weighted by atomic mass is 10.1. The van der Waals surface area contributed by atoms with Gasteiger partial charge in [0.2, 0.25) is 0 Å². The number of hydrogen-bond acceptors (Lipinski definition) is 2. The van der Waals surface area contributed by atoms with Gasteiger partial charge in [-0.2, -0.15) is 0 Å². The molecule has 0 radical (unpaired) electrons. The van der Waals surface area contributed by atoms with Gasteiger partial charge in [0, 0.05) is 40.7 Å². The van der Waals surface area contributed by atoms with Crippen LogP contribution in [0.1, 0.15) is 11.7 Å². The molecule has 2 rings (SSSR count). The fraction of sp³-hybridized carbons (Fsp3) is 0.273. The summed E-state index contributed by atoms with van der Waals surface area (Å²) in [7, 11) is 1.96. The van der Waals surface area contributed by atoms with Crippen LogP contribution in [-0.2, 0) is 7.05 Å². The molecule has 1 heterocycles. The Bertz CT molecular complexity index is 493. The molecule has 1 atom stereocenters. The average Bonchev–Trinajstić information content (AvgIpc) is 2.55. The van der Waals surface area contributed by atoms with Gasteiger partial charge in [-0.15, -0.1) is 0 Å². The summed E-state index contributed by atoms with van der Waals surface area (Å²) in [5, 5.41) is 10.8. The van der Waals surface area contributed by atoms with E-state index in [4.69, 9.17) is 5.73 Å². The number of halogens is 1. The summed E-state index contributed by atoms with van der Waals surface area (Å²) in [4.78, 5) is 0. The van der Waals surface area contributed by atoms with Gasteiger partial charge in [-0.3, -0.25) is 0 Å². The van der Waals surface area contributed by atoms with E-state index in [-0.39, 0.29) is 6.54 Å². The van der Waals surface area contributed by atoms with Crippen molar-refractivity contribution in [2.75, 3.05) is 6.54 Å². The second-order valence-electron chi connectivity index (χ2n) is 3.61. The zero-order valence-corrected chi connectivity index (χ0v) is 10.0. The van der Waals surface area contributed by atoms with Crippen LogP contribution in [0.2, 0.25) is 0 Å². The highest BCUT2D eigenvalue weighted by molar-refractivity contribution is 9.10. The first-order valence-corrected chi connectivity index (χ1v) is 5.55. The summed E-state index contributed by atoms with van der Waals surface area (Å²) in [5.74, 6) is 0. The molecule has 4 heteroatoms. The lowest BCUT2D eigenvalue weighted by Gasteiger charge is -2.05. The van der Waals surface area contributed by atoms with Gasteiger partial charge in [-0.1, -0.05) is 22.0 Å². The van der Waals surface area contributed by atoms with Gasteiger partial charge in [-0.25, -0.2) is 0 Å².